The molecule has 0 fully saturated rings. The number of unbranched alkanes of at least 4 members (excludes halogenated alkanes) is 8. The molecule has 0 spiro atoms. The molecule has 1 atom stereocenters. The van der Waals surface area contributed by atoms with Crippen molar-refractivity contribution in [1.29, 1.82) is 0 Å². The molecule has 3 heteroatoms. The van der Waals surface area contributed by atoms with Crippen molar-refractivity contribution in [2.75, 3.05) is 13.2 Å². The van der Waals surface area contributed by atoms with Gasteiger partial charge in [0.1, 0.15) is 0 Å². The summed E-state index contributed by atoms with van der Waals surface area (Å²) in [6.45, 7) is 12.8. The molecule has 0 N–H and O–H groups in total. The maximum absolute atomic E-state index is 6.00. The minimum absolute atomic E-state index is 0.646. The molecule has 0 saturated carbocycles. The van der Waals surface area contributed by atoms with E-state index < -0.39 is 8.56 Å². The van der Waals surface area contributed by atoms with Gasteiger partial charge < -0.3 is 8.85 Å². The van der Waals surface area contributed by atoms with E-state index in [1.54, 1.807) is 0 Å². The fourth-order valence-electron chi connectivity index (χ4n) is 2.23. The lowest BCUT2D eigenvalue weighted by Crippen LogP contribution is -2.36. The summed E-state index contributed by atoms with van der Waals surface area (Å²) < 4.78 is 12.0. The maximum Gasteiger partial charge on any atom is 0.331 e. The van der Waals surface area contributed by atoms with E-state index in [1.807, 2.05) is 0 Å². The monoisotopic (exact) mass is 316 g/mol. The summed E-state index contributed by atoms with van der Waals surface area (Å²) in [7, 11) is -1.87. The van der Waals surface area contributed by atoms with Crippen LogP contribution in [0.1, 0.15) is 85.0 Å². The van der Waals surface area contributed by atoms with Crippen molar-refractivity contribution in [3.8, 4) is 0 Å². The molecule has 0 radical (unpaired) electrons. The Morgan fingerprint density at radius 1 is 0.762 bits per heavy atom. The Morgan fingerprint density at radius 3 is 1.81 bits per heavy atom. The van der Waals surface area contributed by atoms with Crippen LogP contribution in [0.4, 0.5) is 0 Å². The summed E-state index contributed by atoms with van der Waals surface area (Å²) in [6, 6.07) is 0. The van der Waals surface area contributed by atoms with Crippen molar-refractivity contribution in [2.24, 2.45) is 5.92 Å². The van der Waals surface area contributed by atoms with E-state index in [4.69, 9.17) is 8.85 Å². The first-order valence-corrected chi connectivity index (χ1v) is 12.1. The molecular weight excluding hydrogens is 276 g/mol. The molecule has 2 nitrogen and oxygen atoms in total. The van der Waals surface area contributed by atoms with Gasteiger partial charge in [0.15, 0.2) is 0 Å². The summed E-state index contributed by atoms with van der Waals surface area (Å²) in [4.78, 5) is 0. The zero-order valence-electron chi connectivity index (χ0n) is 15.4. The summed E-state index contributed by atoms with van der Waals surface area (Å²) in [5, 5.41) is 0. The Labute approximate surface area is 135 Å². The lowest BCUT2D eigenvalue weighted by molar-refractivity contribution is 0.154. The van der Waals surface area contributed by atoms with Crippen molar-refractivity contribution in [2.45, 2.75) is 98.1 Å². The molecule has 128 valence electrons. The van der Waals surface area contributed by atoms with Gasteiger partial charge in [-0.25, -0.2) is 0 Å². The molecule has 0 rings (SSSR count). The standard InChI is InChI=1S/C18H40O2Si/c1-6-8-9-10-11-12-13-14-15-16-19-21(4,5)20-17-18(3)7-2/h18H,6-17H2,1-5H3. The molecule has 0 aromatic heterocycles. The summed E-state index contributed by atoms with van der Waals surface area (Å²) in [6.07, 6.45) is 13.5. The van der Waals surface area contributed by atoms with Crippen LogP contribution >= 0.6 is 0 Å². The predicted molar refractivity (Wildman–Crippen MR) is 96.1 cm³/mol. The van der Waals surface area contributed by atoms with Crippen molar-refractivity contribution in [1.82, 2.24) is 0 Å². The highest BCUT2D eigenvalue weighted by molar-refractivity contribution is 6.64. The van der Waals surface area contributed by atoms with Crippen LogP contribution in [0, 0.1) is 5.92 Å². The molecule has 0 aliphatic rings. The maximum atomic E-state index is 6.00. The van der Waals surface area contributed by atoms with E-state index in [2.05, 4.69) is 33.9 Å². The third-order valence-electron chi connectivity index (χ3n) is 4.11. The van der Waals surface area contributed by atoms with Gasteiger partial charge in [-0.2, -0.15) is 0 Å². The summed E-state index contributed by atoms with van der Waals surface area (Å²) in [5.74, 6) is 0.646. The van der Waals surface area contributed by atoms with Gasteiger partial charge in [-0.1, -0.05) is 78.6 Å². The zero-order chi connectivity index (χ0) is 16.0. The van der Waals surface area contributed by atoms with Crippen molar-refractivity contribution >= 4 is 8.56 Å². The van der Waals surface area contributed by atoms with E-state index >= 15 is 0 Å². The second-order valence-electron chi connectivity index (χ2n) is 6.90. The number of rotatable bonds is 15. The smallest absolute Gasteiger partial charge is 0.331 e. The van der Waals surface area contributed by atoms with Crippen molar-refractivity contribution < 1.29 is 8.85 Å². The average molecular weight is 317 g/mol. The highest BCUT2D eigenvalue weighted by Crippen LogP contribution is 2.13. The number of hydrogen-bond donors (Lipinski definition) is 0. The molecule has 0 aliphatic carbocycles. The van der Waals surface area contributed by atoms with E-state index in [-0.39, 0.29) is 0 Å². The minimum Gasteiger partial charge on any atom is -0.395 e. The highest BCUT2D eigenvalue weighted by Gasteiger charge is 2.24. The van der Waals surface area contributed by atoms with Crippen LogP contribution in [-0.2, 0) is 8.85 Å². The van der Waals surface area contributed by atoms with Crippen LogP contribution in [0.2, 0.25) is 13.1 Å². The first-order chi connectivity index (χ1) is 10.0. The molecule has 0 saturated heterocycles. The molecule has 0 bridgehead atoms. The summed E-state index contributed by atoms with van der Waals surface area (Å²) in [5.41, 5.74) is 0. The van der Waals surface area contributed by atoms with Gasteiger partial charge in [-0.15, -0.1) is 0 Å². The molecule has 1 unspecified atom stereocenters. The van der Waals surface area contributed by atoms with Crippen molar-refractivity contribution in [3.63, 3.8) is 0 Å². The Balaban J connectivity index is 3.36. The van der Waals surface area contributed by atoms with Gasteiger partial charge in [0.2, 0.25) is 0 Å². The first-order valence-electron chi connectivity index (χ1n) is 9.29. The third kappa shape index (κ3) is 14.8. The summed E-state index contributed by atoms with van der Waals surface area (Å²) >= 11 is 0. The predicted octanol–water partition coefficient (Wildman–Crippen LogP) is 6.30. The first kappa shape index (κ1) is 21.1. The average Bonchev–Trinajstić information content (AvgIpc) is 2.46. The van der Waals surface area contributed by atoms with Crippen LogP contribution in [-0.4, -0.2) is 21.8 Å². The van der Waals surface area contributed by atoms with Crippen molar-refractivity contribution in [3.05, 3.63) is 0 Å². The quantitative estimate of drug-likeness (QED) is 0.261. The van der Waals surface area contributed by atoms with E-state index in [1.165, 1.54) is 64.2 Å². The normalized spacial score (nSPS) is 13.6. The number of hydrogen-bond acceptors (Lipinski definition) is 2. The molecule has 21 heavy (non-hydrogen) atoms. The SMILES string of the molecule is CCCCCCCCCCCO[Si](C)(C)OCC(C)CC. The third-order valence-corrected chi connectivity index (χ3v) is 5.87. The highest BCUT2D eigenvalue weighted by atomic mass is 28.4. The second kappa shape index (κ2) is 13.8. The second-order valence-corrected chi connectivity index (χ2v) is 10.3. The van der Waals surface area contributed by atoms with E-state index in [0.717, 1.165) is 13.2 Å². The fourth-order valence-corrected chi connectivity index (χ4v) is 3.64. The van der Waals surface area contributed by atoms with Crippen LogP contribution in [0.5, 0.6) is 0 Å². The van der Waals surface area contributed by atoms with Crippen LogP contribution in [0.15, 0.2) is 0 Å². The lowest BCUT2D eigenvalue weighted by atomic mass is 10.1. The Kier molecular flexibility index (Phi) is 13.9. The molecule has 0 aromatic rings. The zero-order valence-corrected chi connectivity index (χ0v) is 16.4. The Bertz CT molecular complexity index is 219. The molecule has 0 aliphatic heterocycles. The van der Waals surface area contributed by atoms with Gasteiger partial charge in [-0.3, -0.25) is 0 Å². The van der Waals surface area contributed by atoms with Gasteiger partial charge in [0.25, 0.3) is 0 Å². The van der Waals surface area contributed by atoms with E-state index in [0.29, 0.717) is 5.92 Å². The molecule has 0 aromatic carbocycles. The van der Waals surface area contributed by atoms with Crippen LogP contribution in [0.3, 0.4) is 0 Å². The topological polar surface area (TPSA) is 18.5 Å². The lowest BCUT2D eigenvalue weighted by Gasteiger charge is -2.24. The largest absolute Gasteiger partial charge is 0.395 e. The van der Waals surface area contributed by atoms with Gasteiger partial charge in [0, 0.05) is 13.2 Å². The molecule has 0 amide bonds. The molecule has 0 heterocycles. The van der Waals surface area contributed by atoms with Crippen LogP contribution < -0.4 is 0 Å². The van der Waals surface area contributed by atoms with Gasteiger partial charge >= 0.3 is 8.56 Å². The van der Waals surface area contributed by atoms with E-state index in [9.17, 15) is 0 Å². The Hall–Kier alpha value is 0.137. The minimum atomic E-state index is -1.87. The van der Waals surface area contributed by atoms with Crippen LogP contribution in [0.25, 0.3) is 0 Å². The molecular formula is C18H40O2Si. The fraction of sp³-hybridized carbons (Fsp3) is 1.00. The van der Waals surface area contributed by atoms with Gasteiger partial charge in [0.05, 0.1) is 0 Å². The Morgan fingerprint density at radius 2 is 1.29 bits per heavy atom. The van der Waals surface area contributed by atoms with Gasteiger partial charge in [-0.05, 0) is 25.4 Å².